The summed E-state index contributed by atoms with van der Waals surface area (Å²) in [7, 11) is 0. The Kier molecular flexibility index (Phi) is 3.51. The van der Waals surface area contributed by atoms with E-state index >= 15 is 0 Å². The van der Waals surface area contributed by atoms with Crippen LogP contribution in [0.25, 0.3) is 0 Å². The van der Waals surface area contributed by atoms with E-state index in [1.807, 2.05) is 25.1 Å². The number of rotatable bonds is 2. The van der Waals surface area contributed by atoms with Crippen molar-refractivity contribution in [3.05, 3.63) is 64.7 Å². The normalized spacial score (nSPS) is 11.6. The lowest BCUT2D eigenvalue weighted by molar-refractivity contribution is -0.137. The van der Waals surface area contributed by atoms with Crippen molar-refractivity contribution in [1.82, 2.24) is 0 Å². The van der Waals surface area contributed by atoms with E-state index in [4.69, 9.17) is 5.73 Å². The van der Waals surface area contributed by atoms with Gasteiger partial charge in [-0.2, -0.15) is 13.2 Å². The number of benzene rings is 2. The molecule has 0 bridgehead atoms. The van der Waals surface area contributed by atoms with Gasteiger partial charge in [-0.05, 0) is 42.2 Å². The third kappa shape index (κ3) is 3.08. The zero-order valence-electron chi connectivity index (χ0n) is 10.5. The van der Waals surface area contributed by atoms with E-state index < -0.39 is 11.7 Å². The average Bonchev–Trinajstić information content (AvgIpc) is 2.35. The van der Waals surface area contributed by atoms with Crippen molar-refractivity contribution in [2.45, 2.75) is 19.5 Å². The molecule has 100 valence electrons. The molecule has 0 aliphatic carbocycles. The molecule has 2 rings (SSSR count). The molecule has 0 aliphatic heterocycles. The summed E-state index contributed by atoms with van der Waals surface area (Å²) in [5, 5.41) is 0. The lowest BCUT2D eigenvalue weighted by Crippen LogP contribution is -2.04. The van der Waals surface area contributed by atoms with Crippen molar-refractivity contribution in [1.29, 1.82) is 0 Å². The number of hydrogen-bond donors (Lipinski definition) is 1. The van der Waals surface area contributed by atoms with Gasteiger partial charge in [0, 0.05) is 5.69 Å². The summed E-state index contributed by atoms with van der Waals surface area (Å²) in [5.41, 5.74) is 8.73. The molecule has 0 aromatic heterocycles. The van der Waals surface area contributed by atoms with Gasteiger partial charge in [0.2, 0.25) is 0 Å². The van der Waals surface area contributed by atoms with E-state index in [9.17, 15) is 13.2 Å². The van der Waals surface area contributed by atoms with Crippen LogP contribution in [0.5, 0.6) is 0 Å². The second-order valence-corrected chi connectivity index (χ2v) is 4.52. The fourth-order valence-electron chi connectivity index (χ4n) is 1.93. The summed E-state index contributed by atoms with van der Waals surface area (Å²) < 4.78 is 37.3. The van der Waals surface area contributed by atoms with E-state index in [2.05, 4.69) is 0 Å². The fraction of sp³-hybridized carbons (Fsp3) is 0.200. The molecule has 19 heavy (non-hydrogen) atoms. The molecule has 0 fully saturated rings. The minimum Gasteiger partial charge on any atom is -0.398 e. The van der Waals surface area contributed by atoms with E-state index in [0.717, 1.165) is 28.8 Å². The lowest BCUT2D eigenvalue weighted by atomic mass is 10.00. The number of para-hydroxylation sites is 1. The van der Waals surface area contributed by atoms with Crippen LogP contribution in [-0.2, 0) is 12.6 Å². The molecule has 0 saturated carbocycles. The molecular weight excluding hydrogens is 251 g/mol. The third-order valence-electron chi connectivity index (χ3n) is 3.09. The van der Waals surface area contributed by atoms with Crippen molar-refractivity contribution >= 4 is 5.69 Å². The number of anilines is 1. The fourth-order valence-corrected chi connectivity index (χ4v) is 1.93. The molecule has 0 amide bonds. The van der Waals surface area contributed by atoms with Gasteiger partial charge >= 0.3 is 6.18 Å². The highest BCUT2D eigenvalue weighted by molar-refractivity contribution is 5.54. The van der Waals surface area contributed by atoms with Gasteiger partial charge in [-0.1, -0.05) is 30.3 Å². The first-order chi connectivity index (χ1) is 8.88. The SMILES string of the molecule is Cc1cccc(Cc2ccc(C(F)(F)F)cc2)c1N. The van der Waals surface area contributed by atoms with E-state index in [0.29, 0.717) is 12.1 Å². The number of nitrogen functional groups attached to an aromatic ring is 1. The second-order valence-electron chi connectivity index (χ2n) is 4.52. The molecule has 2 aromatic rings. The Balaban J connectivity index is 2.23. The molecule has 0 spiro atoms. The van der Waals surface area contributed by atoms with Crippen molar-refractivity contribution in [2.24, 2.45) is 0 Å². The van der Waals surface area contributed by atoms with Crippen LogP contribution in [0, 0.1) is 6.92 Å². The monoisotopic (exact) mass is 265 g/mol. The highest BCUT2D eigenvalue weighted by Crippen LogP contribution is 2.29. The number of hydrogen-bond acceptors (Lipinski definition) is 1. The first kappa shape index (κ1) is 13.5. The maximum absolute atomic E-state index is 12.4. The van der Waals surface area contributed by atoms with Gasteiger partial charge in [-0.15, -0.1) is 0 Å². The Morgan fingerprint density at radius 1 is 1.00 bits per heavy atom. The van der Waals surface area contributed by atoms with E-state index in [1.165, 1.54) is 12.1 Å². The Morgan fingerprint density at radius 3 is 2.21 bits per heavy atom. The molecule has 1 nitrogen and oxygen atoms in total. The molecule has 0 aliphatic rings. The van der Waals surface area contributed by atoms with Gasteiger partial charge in [0.05, 0.1) is 5.56 Å². The molecule has 0 radical (unpaired) electrons. The summed E-state index contributed by atoms with van der Waals surface area (Å²) in [6, 6.07) is 10.9. The first-order valence-corrected chi connectivity index (χ1v) is 5.88. The van der Waals surface area contributed by atoms with Gasteiger partial charge < -0.3 is 5.73 Å². The van der Waals surface area contributed by atoms with Crippen LogP contribution in [0.15, 0.2) is 42.5 Å². The molecule has 2 N–H and O–H groups in total. The average molecular weight is 265 g/mol. The standard InChI is InChI=1S/C15H14F3N/c1-10-3-2-4-12(14(10)19)9-11-5-7-13(8-6-11)15(16,17)18/h2-8H,9,19H2,1H3. The zero-order chi connectivity index (χ0) is 14.0. The van der Waals surface area contributed by atoms with Crippen molar-refractivity contribution in [2.75, 3.05) is 5.73 Å². The first-order valence-electron chi connectivity index (χ1n) is 5.88. The van der Waals surface area contributed by atoms with Crippen LogP contribution in [0.3, 0.4) is 0 Å². The zero-order valence-corrected chi connectivity index (χ0v) is 10.5. The van der Waals surface area contributed by atoms with Crippen LogP contribution >= 0.6 is 0 Å². The van der Waals surface area contributed by atoms with Gasteiger partial charge in [0.1, 0.15) is 0 Å². The Morgan fingerprint density at radius 2 is 1.63 bits per heavy atom. The molecule has 0 heterocycles. The summed E-state index contributed by atoms with van der Waals surface area (Å²) >= 11 is 0. The molecular formula is C15H14F3N. The Bertz CT molecular complexity index is 571. The van der Waals surface area contributed by atoms with Crippen molar-refractivity contribution < 1.29 is 13.2 Å². The van der Waals surface area contributed by atoms with Crippen LogP contribution in [0.1, 0.15) is 22.3 Å². The van der Waals surface area contributed by atoms with E-state index in [1.54, 1.807) is 0 Å². The summed E-state index contributed by atoms with van der Waals surface area (Å²) in [4.78, 5) is 0. The minimum atomic E-state index is -4.29. The third-order valence-corrected chi connectivity index (χ3v) is 3.09. The molecule has 0 saturated heterocycles. The van der Waals surface area contributed by atoms with E-state index in [-0.39, 0.29) is 0 Å². The van der Waals surface area contributed by atoms with Crippen LogP contribution < -0.4 is 5.73 Å². The number of halogens is 3. The van der Waals surface area contributed by atoms with Gasteiger partial charge in [-0.25, -0.2) is 0 Å². The highest BCUT2D eigenvalue weighted by Gasteiger charge is 2.29. The molecule has 0 unspecified atom stereocenters. The second kappa shape index (κ2) is 4.96. The molecule has 4 heteroatoms. The van der Waals surface area contributed by atoms with Crippen molar-refractivity contribution in [3.63, 3.8) is 0 Å². The predicted molar refractivity (Wildman–Crippen MR) is 69.8 cm³/mol. The maximum Gasteiger partial charge on any atom is 0.416 e. The maximum atomic E-state index is 12.4. The summed E-state index contributed by atoms with van der Waals surface area (Å²) in [5.74, 6) is 0. The van der Waals surface area contributed by atoms with Gasteiger partial charge in [-0.3, -0.25) is 0 Å². The van der Waals surface area contributed by atoms with Gasteiger partial charge in [0.25, 0.3) is 0 Å². The Labute approximate surface area is 109 Å². The largest absolute Gasteiger partial charge is 0.416 e. The highest BCUT2D eigenvalue weighted by atomic mass is 19.4. The van der Waals surface area contributed by atoms with Crippen molar-refractivity contribution in [3.8, 4) is 0 Å². The molecule has 0 atom stereocenters. The van der Waals surface area contributed by atoms with Crippen LogP contribution in [0.4, 0.5) is 18.9 Å². The Hall–Kier alpha value is -1.97. The topological polar surface area (TPSA) is 26.0 Å². The van der Waals surface area contributed by atoms with Crippen LogP contribution in [0.2, 0.25) is 0 Å². The van der Waals surface area contributed by atoms with Crippen LogP contribution in [-0.4, -0.2) is 0 Å². The molecule has 2 aromatic carbocycles. The summed E-state index contributed by atoms with van der Waals surface area (Å²) in [6.45, 7) is 1.91. The number of nitrogens with two attached hydrogens (primary N) is 1. The minimum absolute atomic E-state index is 0.533. The number of aryl methyl sites for hydroxylation is 1. The van der Waals surface area contributed by atoms with Gasteiger partial charge in [0.15, 0.2) is 0 Å². The summed E-state index contributed by atoms with van der Waals surface area (Å²) in [6.07, 6.45) is -3.76. The lowest BCUT2D eigenvalue weighted by Gasteiger charge is -2.10. The predicted octanol–water partition coefficient (Wildman–Crippen LogP) is 4.19. The smallest absolute Gasteiger partial charge is 0.398 e. The number of alkyl halides is 3. The quantitative estimate of drug-likeness (QED) is 0.810.